The lowest BCUT2D eigenvalue weighted by atomic mass is 9.54. The molecule has 0 spiro atoms. The molecule has 0 bridgehead atoms. The van der Waals surface area contributed by atoms with Crippen LogP contribution >= 0.6 is 0 Å². The molecule has 0 amide bonds. The molecule has 2 atom stereocenters. The van der Waals surface area contributed by atoms with Crippen molar-refractivity contribution < 1.29 is 47.7 Å². The molecule has 0 N–H and O–H groups in total. The number of methoxy groups -OCH3 is 4. The third-order valence-corrected chi connectivity index (χ3v) is 8.45. The number of ketones is 2. The van der Waals surface area contributed by atoms with E-state index in [-0.39, 0.29) is 34.1 Å². The zero-order chi connectivity index (χ0) is 32.7. The third kappa shape index (κ3) is 4.15. The molecule has 0 aromatic carbocycles. The standard InChI is InChI=1S/C34H34O10/c1-17(2)19-11-9-13-23-21(15-19)25(29(37)41-5)27(35)33(23,31(39)43-7)34(32(40)44-8)24-14-10-12-20(18(3)4)16-22(24)26(28(34)36)30(38)42-6/h9-18H,1-8H3/t33-,34-/m1/s1. The van der Waals surface area contributed by atoms with Crippen molar-refractivity contribution in [2.75, 3.05) is 28.4 Å². The zero-order valence-electron chi connectivity index (χ0n) is 25.9. The first-order valence-corrected chi connectivity index (χ1v) is 14.0. The Kier molecular flexibility index (Phi) is 8.50. The Morgan fingerprint density at radius 3 is 1.20 bits per heavy atom. The molecule has 0 fully saturated rings. The predicted molar refractivity (Wildman–Crippen MR) is 157 cm³/mol. The Morgan fingerprint density at radius 1 is 0.591 bits per heavy atom. The molecule has 4 aliphatic rings. The van der Waals surface area contributed by atoms with Crippen LogP contribution in [0.2, 0.25) is 0 Å². The van der Waals surface area contributed by atoms with Gasteiger partial charge in [0.05, 0.1) is 28.4 Å². The number of hydrogen-bond donors (Lipinski definition) is 0. The molecule has 4 aliphatic carbocycles. The van der Waals surface area contributed by atoms with Crippen molar-refractivity contribution in [2.24, 2.45) is 22.7 Å². The Balaban J connectivity index is 2.27. The van der Waals surface area contributed by atoms with E-state index in [1.54, 1.807) is 36.5 Å². The molecule has 0 heterocycles. The van der Waals surface area contributed by atoms with Gasteiger partial charge in [-0.2, -0.15) is 0 Å². The van der Waals surface area contributed by atoms with E-state index in [4.69, 9.17) is 18.9 Å². The van der Waals surface area contributed by atoms with Crippen LogP contribution in [0.1, 0.15) is 27.7 Å². The lowest BCUT2D eigenvalue weighted by Gasteiger charge is -2.42. The molecule has 0 saturated carbocycles. The first-order chi connectivity index (χ1) is 20.8. The highest BCUT2D eigenvalue weighted by molar-refractivity contribution is 6.40. The topological polar surface area (TPSA) is 139 Å². The molecule has 0 aromatic heterocycles. The SMILES string of the molecule is COC(=O)C1=C2C=C(C(C)C)C=CC=C2[C@@](C(=O)OC)([C@@]2(C(=O)OC)C(=O)C(C(=O)OC)=C3C=C(C(C)C)C=CC=C32)C1=O. The molecule has 0 aliphatic heterocycles. The van der Waals surface area contributed by atoms with Crippen LogP contribution in [-0.4, -0.2) is 63.9 Å². The van der Waals surface area contributed by atoms with Crippen LogP contribution in [0.5, 0.6) is 0 Å². The summed E-state index contributed by atoms with van der Waals surface area (Å²) in [7, 11) is 4.12. The van der Waals surface area contributed by atoms with E-state index >= 15 is 0 Å². The largest absolute Gasteiger partial charge is 0.468 e. The number of carbonyl (C=O) groups excluding carboxylic acids is 6. The molecular weight excluding hydrogens is 568 g/mol. The van der Waals surface area contributed by atoms with Crippen molar-refractivity contribution >= 4 is 35.4 Å². The van der Waals surface area contributed by atoms with E-state index in [0.717, 1.165) is 28.4 Å². The number of Topliss-reactive ketones (excluding diaryl/α,β-unsaturated/α-hetero) is 2. The van der Waals surface area contributed by atoms with Crippen molar-refractivity contribution in [1.29, 1.82) is 0 Å². The molecule has 0 saturated heterocycles. The van der Waals surface area contributed by atoms with Gasteiger partial charge in [0.2, 0.25) is 0 Å². The van der Waals surface area contributed by atoms with E-state index in [2.05, 4.69) is 0 Å². The summed E-state index contributed by atoms with van der Waals surface area (Å²) in [5.41, 5.74) is -5.81. The average Bonchev–Trinajstić information content (AvgIpc) is 3.19. The summed E-state index contributed by atoms with van der Waals surface area (Å²) in [5.74, 6) is -7.41. The molecule has 44 heavy (non-hydrogen) atoms. The zero-order valence-corrected chi connectivity index (χ0v) is 25.9. The van der Waals surface area contributed by atoms with Crippen molar-refractivity contribution in [1.82, 2.24) is 0 Å². The molecule has 10 heteroatoms. The highest BCUT2D eigenvalue weighted by Crippen LogP contribution is 2.65. The fourth-order valence-electron chi connectivity index (χ4n) is 6.30. The second kappa shape index (κ2) is 11.7. The number of hydrogen-bond acceptors (Lipinski definition) is 10. The second-order valence-electron chi connectivity index (χ2n) is 11.2. The van der Waals surface area contributed by atoms with Gasteiger partial charge in [0.25, 0.3) is 0 Å². The minimum absolute atomic E-state index is 0.0201. The summed E-state index contributed by atoms with van der Waals surface area (Å²) < 4.78 is 20.4. The number of fused-ring (bicyclic) bond motifs is 2. The van der Waals surface area contributed by atoms with Gasteiger partial charge in [0.1, 0.15) is 11.1 Å². The molecule has 0 unspecified atom stereocenters. The second-order valence-corrected chi connectivity index (χ2v) is 11.2. The highest BCUT2D eigenvalue weighted by atomic mass is 16.5. The van der Waals surface area contributed by atoms with Crippen molar-refractivity contribution in [2.45, 2.75) is 27.7 Å². The summed E-state index contributed by atoms with van der Waals surface area (Å²) in [6.45, 7) is 7.56. The number of rotatable bonds is 7. The quantitative estimate of drug-likeness (QED) is 0.184. The van der Waals surface area contributed by atoms with Crippen molar-refractivity contribution in [3.8, 4) is 0 Å². The normalized spacial score (nSPS) is 24.2. The van der Waals surface area contributed by atoms with Crippen molar-refractivity contribution in [3.05, 3.63) is 93.2 Å². The summed E-state index contributed by atoms with van der Waals surface area (Å²) >= 11 is 0. The fraction of sp³-hybridized carbons (Fsp3) is 0.353. The smallest absolute Gasteiger partial charge is 0.342 e. The maximum atomic E-state index is 14.9. The molecule has 10 nitrogen and oxygen atoms in total. The molecule has 0 aromatic rings. The number of allylic oxidation sites excluding steroid dienone is 12. The van der Waals surface area contributed by atoms with Gasteiger partial charge in [-0.1, -0.05) is 76.3 Å². The maximum absolute atomic E-state index is 14.9. The van der Waals surface area contributed by atoms with Gasteiger partial charge >= 0.3 is 23.9 Å². The van der Waals surface area contributed by atoms with Crippen LogP contribution in [0, 0.1) is 22.7 Å². The van der Waals surface area contributed by atoms with Gasteiger partial charge in [-0.05, 0) is 45.3 Å². The van der Waals surface area contributed by atoms with Gasteiger partial charge in [0, 0.05) is 0 Å². The van der Waals surface area contributed by atoms with E-state index in [1.807, 2.05) is 27.7 Å². The summed E-state index contributed by atoms with van der Waals surface area (Å²) in [6, 6.07) is 0. The number of carbonyl (C=O) groups is 6. The first kappa shape index (κ1) is 32.1. The van der Waals surface area contributed by atoms with Crippen LogP contribution in [-0.2, 0) is 47.7 Å². The van der Waals surface area contributed by atoms with E-state index < -0.39 is 57.4 Å². The van der Waals surface area contributed by atoms with E-state index in [9.17, 15) is 28.8 Å². The van der Waals surface area contributed by atoms with Crippen LogP contribution in [0.25, 0.3) is 0 Å². The first-order valence-electron chi connectivity index (χ1n) is 14.0. The lowest BCUT2D eigenvalue weighted by molar-refractivity contribution is -0.175. The number of esters is 4. The third-order valence-electron chi connectivity index (χ3n) is 8.45. The molecular formula is C34H34O10. The Morgan fingerprint density at radius 2 is 0.932 bits per heavy atom. The number of ether oxygens (including phenoxy) is 4. The van der Waals surface area contributed by atoms with E-state index in [1.165, 1.54) is 12.2 Å². The van der Waals surface area contributed by atoms with Gasteiger partial charge in [0.15, 0.2) is 22.4 Å². The Hall–Kier alpha value is -4.86. The van der Waals surface area contributed by atoms with Crippen molar-refractivity contribution in [3.63, 3.8) is 0 Å². The van der Waals surface area contributed by atoms with E-state index in [0.29, 0.717) is 11.1 Å². The fourth-order valence-corrected chi connectivity index (χ4v) is 6.30. The summed E-state index contributed by atoms with van der Waals surface area (Å²) in [6.07, 6.45) is 12.4. The van der Waals surface area contributed by atoms with Gasteiger partial charge in [-0.3, -0.25) is 19.2 Å². The van der Waals surface area contributed by atoms with Gasteiger partial charge < -0.3 is 18.9 Å². The summed E-state index contributed by atoms with van der Waals surface area (Å²) in [4.78, 5) is 85.2. The molecule has 230 valence electrons. The van der Waals surface area contributed by atoms with Crippen LogP contribution in [0.15, 0.2) is 93.2 Å². The summed E-state index contributed by atoms with van der Waals surface area (Å²) in [5, 5.41) is 0. The minimum Gasteiger partial charge on any atom is -0.468 e. The molecule has 0 radical (unpaired) electrons. The Bertz CT molecular complexity index is 1530. The highest BCUT2D eigenvalue weighted by Gasteiger charge is 2.79. The maximum Gasteiger partial charge on any atom is 0.342 e. The van der Waals surface area contributed by atoms with Gasteiger partial charge in [-0.15, -0.1) is 0 Å². The average molecular weight is 603 g/mol. The Labute approximate surface area is 255 Å². The van der Waals surface area contributed by atoms with Crippen LogP contribution < -0.4 is 0 Å². The van der Waals surface area contributed by atoms with Gasteiger partial charge in [-0.25, -0.2) is 9.59 Å². The predicted octanol–water partition coefficient (Wildman–Crippen LogP) is 3.57. The minimum atomic E-state index is -2.85. The monoisotopic (exact) mass is 602 g/mol. The van der Waals surface area contributed by atoms with Crippen LogP contribution in [0.4, 0.5) is 0 Å². The lowest BCUT2D eigenvalue weighted by Crippen LogP contribution is -2.61. The molecule has 4 rings (SSSR count). The van der Waals surface area contributed by atoms with Crippen LogP contribution in [0.3, 0.4) is 0 Å².